The number of anilines is 1. The maximum absolute atomic E-state index is 13.4. The Hall–Kier alpha value is -3.13. The van der Waals surface area contributed by atoms with Crippen LogP contribution in [0.15, 0.2) is 34.0 Å². The van der Waals surface area contributed by atoms with Gasteiger partial charge in [-0.05, 0) is 56.5 Å². The Morgan fingerprint density at radius 3 is 2.46 bits per heavy atom. The molecule has 2 atom stereocenters. The third kappa shape index (κ3) is 5.44. The number of carbonyl (C=O) groups excluding carboxylic acids is 1. The number of aromatic nitrogens is 1. The van der Waals surface area contributed by atoms with Crippen molar-refractivity contribution < 1.29 is 14.3 Å². The molecule has 0 bridgehead atoms. The van der Waals surface area contributed by atoms with E-state index in [1.807, 2.05) is 38.1 Å². The number of nitrogens with zero attached hydrogens (tertiary/aromatic N) is 4. The molecule has 1 amide bonds. The number of rotatable bonds is 6. The molecule has 0 aliphatic carbocycles. The van der Waals surface area contributed by atoms with Gasteiger partial charge in [0, 0.05) is 32.2 Å². The summed E-state index contributed by atoms with van der Waals surface area (Å²) in [6, 6.07) is 9.78. The maximum Gasteiger partial charge on any atom is 0.270 e. The van der Waals surface area contributed by atoms with Gasteiger partial charge in [0.25, 0.3) is 11.5 Å². The Bertz CT molecular complexity index is 1350. The fraction of sp³-hybridized carbons (Fsp3) is 0.407. The Labute approximate surface area is 226 Å². The second-order valence-electron chi connectivity index (χ2n) is 9.31. The lowest BCUT2D eigenvalue weighted by atomic mass is 10.0. The van der Waals surface area contributed by atoms with Crippen LogP contribution in [0.4, 0.5) is 5.82 Å². The number of morpholine rings is 1. The zero-order valence-corrected chi connectivity index (χ0v) is 23.2. The first-order valence-corrected chi connectivity index (χ1v) is 13.3. The summed E-state index contributed by atoms with van der Waals surface area (Å²) in [5, 5.41) is 9.71. The van der Waals surface area contributed by atoms with Gasteiger partial charge >= 0.3 is 0 Å². The smallest absolute Gasteiger partial charge is 0.270 e. The number of amides is 1. The quantitative estimate of drug-likeness (QED) is 0.407. The predicted molar refractivity (Wildman–Crippen MR) is 150 cm³/mol. The van der Waals surface area contributed by atoms with Crippen molar-refractivity contribution in [2.75, 3.05) is 31.6 Å². The van der Waals surface area contributed by atoms with E-state index >= 15 is 0 Å². The van der Waals surface area contributed by atoms with Gasteiger partial charge in [-0.15, -0.1) is 0 Å². The van der Waals surface area contributed by atoms with Crippen LogP contribution in [0.1, 0.15) is 36.1 Å². The number of hydrogen-bond donors (Lipinski definition) is 0. The number of methoxy groups -OCH3 is 1. The Balaban J connectivity index is 1.68. The van der Waals surface area contributed by atoms with Crippen molar-refractivity contribution in [3.8, 4) is 11.8 Å². The molecule has 0 N–H and O–H groups in total. The summed E-state index contributed by atoms with van der Waals surface area (Å²) in [4.78, 5) is 30.6. The molecule has 0 spiro atoms. The fourth-order valence-electron chi connectivity index (χ4n) is 4.80. The molecule has 37 heavy (non-hydrogen) atoms. The van der Waals surface area contributed by atoms with Gasteiger partial charge in [0.1, 0.15) is 27.5 Å². The average Bonchev–Trinajstić information content (AvgIpc) is 3.13. The molecule has 0 radical (unpaired) electrons. The lowest BCUT2D eigenvalue weighted by molar-refractivity contribution is -0.122. The summed E-state index contributed by atoms with van der Waals surface area (Å²) in [7, 11) is 3.29. The number of ether oxygens (including phenoxy) is 2. The molecule has 8 nitrogen and oxygen atoms in total. The summed E-state index contributed by atoms with van der Waals surface area (Å²) in [6.45, 7) is 7.37. The van der Waals surface area contributed by atoms with Gasteiger partial charge < -0.3 is 14.4 Å². The van der Waals surface area contributed by atoms with Crippen molar-refractivity contribution in [3.05, 3.63) is 61.8 Å². The third-order valence-electron chi connectivity index (χ3n) is 6.62. The molecular weight excluding hydrogens is 508 g/mol. The monoisotopic (exact) mass is 538 g/mol. The first-order chi connectivity index (χ1) is 17.6. The molecule has 10 heteroatoms. The summed E-state index contributed by atoms with van der Waals surface area (Å²) < 4.78 is 13.1. The molecule has 2 saturated heterocycles. The highest BCUT2D eigenvalue weighted by atomic mass is 32.2. The zero-order chi connectivity index (χ0) is 26.9. The van der Waals surface area contributed by atoms with E-state index in [0.717, 1.165) is 11.3 Å². The Morgan fingerprint density at radius 2 is 1.86 bits per heavy atom. The van der Waals surface area contributed by atoms with E-state index < -0.39 is 0 Å². The largest absolute Gasteiger partial charge is 0.497 e. The van der Waals surface area contributed by atoms with Crippen molar-refractivity contribution >= 4 is 46.1 Å². The van der Waals surface area contributed by atoms with E-state index in [4.69, 9.17) is 21.7 Å². The Morgan fingerprint density at radius 1 is 1.22 bits per heavy atom. The van der Waals surface area contributed by atoms with Crippen LogP contribution in [0.2, 0.25) is 0 Å². The number of benzene rings is 1. The molecule has 0 saturated carbocycles. The molecule has 2 aromatic rings. The minimum Gasteiger partial charge on any atom is -0.497 e. The van der Waals surface area contributed by atoms with Crippen molar-refractivity contribution in [3.63, 3.8) is 0 Å². The number of pyridine rings is 1. The number of nitriles is 1. The second kappa shape index (κ2) is 11.1. The van der Waals surface area contributed by atoms with E-state index in [1.165, 1.54) is 16.3 Å². The highest BCUT2D eigenvalue weighted by molar-refractivity contribution is 8.26. The predicted octanol–water partition coefficient (Wildman–Crippen LogP) is 3.63. The number of hydrogen-bond acceptors (Lipinski definition) is 8. The molecule has 1 aromatic heterocycles. The van der Waals surface area contributed by atoms with Crippen LogP contribution in [-0.4, -0.2) is 58.6 Å². The van der Waals surface area contributed by atoms with Gasteiger partial charge in [-0.3, -0.25) is 19.1 Å². The van der Waals surface area contributed by atoms with E-state index in [-0.39, 0.29) is 29.2 Å². The highest BCUT2D eigenvalue weighted by Crippen LogP contribution is 2.36. The molecule has 4 rings (SSSR count). The molecule has 1 aromatic carbocycles. The minimum absolute atomic E-state index is 0.0289. The Kier molecular flexibility index (Phi) is 8.07. The summed E-state index contributed by atoms with van der Waals surface area (Å²) in [6.07, 6.45) is 2.37. The lowest BCUT2D eigenvalue weighted by Gasteiger charge is -2.38. The lowest BCUT2D eigenvalue weighted by Crippen LogP contribution is -2.47. The van der Waals surface area contributed by atoms with Crippen LogP contribution < -0.4 is 15.2 Å². The van der Waals surface area contributed by atoms with Gasteiger partial charge in [0.05, 0.1) is 24.2 Å². The molecule has 2 aliphatic heterocycles. The molecule has 194 valence electrons. The van der Waals surface area contributed by atoms with Crippen molar-refractivity contribution in [2.45, 2.75) is 39.4 Å². The van der Waals surface area contributed by atoms with Crippen LogP contribution >= 0.6 is 24.0 Å². The first-order valence-electron chi connectivity index (χ1n) is 12.1. The number of thioether (sulfide) groups is 1. The van der Waals surface area contributed by atoms with Crippen molar-refractivity contribution in [1.82, 2.24) is 9.47 Å². The van der Waals surface area contributed by atoms with E-state index in [9.17, 15) is 14.9 Å². The zero-order valence-electron chi connectivity index (χ0n) is 21.6. The van der Waals surface area contributed by atoms with Crippen LogP contribution in [-0.2, 0) is 23.0 Å². The topological polar surface area (TPSA) is 87.8 Å². The van der Waals surface area contributed by atoms with Crippen LogP contribution in [0.25, 0.3) is 6.08 Å². The minimum atomic E-state index is -0.356. The van der Waals surface area contributed by atoms with Gasteiger partial charge in [-0.2, -0.15) is 5.26 Å². The van der Waals surface area contributed by atoms with E-state index in [0.29, 0.717) is 52.2 Å². The van der Waals surface area contributed by atoms with Gasteiger partial charge in [-0.1, -0.05) is 36.1 Å². The second-order valence-corrected chi connectivity index (χ2v) is 11.0. The number of thiocarbonyl (C=S) groups is 1. The van der Waals surface area contributed by atoms with Crippen molar-refractivity contribution in [1.29, 1.82) is 5.26 Å². The third-order valence-corrected chi connectivity index (χ3v) is 8.00. The molecule has 2 aliphatic rings. The SMILES string of the molecule is COc1ccc(CCN2C(=O)/C(=C/c3c(C)c(C#N)c(=O)n(C)c3N3C[C@@H](C)O[C@H](C)C3)SC2=S)cc1. The molecule has 0 unspecified atom stereocenters. The average molecular weight is 539 g/mol. The van der Waals surface area contributed by atoms with Gasteiger partial charge in [-0.25, -0.2) is 0 Å². The van der Waals surface area contributed by atoms with E-state index in [2.05, 4.69) is 11.0 Å². The van der Waals surface area contributed by atoms with Gasteiger partial charge in [0.2, 0.25) is 0 Å². The van der Waals surface area contributed by atoms with Crippen molar-refractivity contribution in [2.24, 2.45) is 7.05 Å². The first kappa shape index (κ1) is 26.9. The standard InChI is InChI=1S/C27H30N4O4S2/c1-16-14-30(15-17(2)35-16)24-21(18(3)22(13-28)25(32)29(24)4)12-23-26(33)31(27(36)37-23)11-10-19-6-8-20(34-5)9-7-19/h6-9,12,16-17H,10-11,14-15H2,1-5H3/b23-12-/t16-,17-/m1/s1. The fourth-order valence-corrected chi connectivity index (χ4v) is 6.09. The van der Waals surface area contributed by atoms with E-state index in [1.54, 1.807) is 32.1 Å². The number of carbonyl (C=O) groups is 1. The highest BCUT2D eigenvalue weighted by Gasteiger charge is 2.33. The van der Waals surface area contributed by atoms with Crippen LogP contribution in [0.5, 0.6) is 5.75 Å². The van der Waals surface area contributed by atoms with Crippen LogP contribution in [0.3, 0.4) is 0 Å². The summed E-state index contributed by atoms with van der Waals surface area (Å²) >= 11 is 6.80. The molecular formula is C27H30N4O4S2. The maximum atomic E-state index is 13.4. The summed E-state index contributed by atoms with van der Waals surface area (Å²) in [5.74, 6) is 1.28. The molecule has 3 heterocycles. The molecule has 2 fully saturated rings. The summed E-state index contributed by atoms with van der Waals surface area (Å²) in [5.41, 5.74) is 2.02. The van der Waals surface area contributed by atoms with Gasteiger partial charge in [0.15, 0.2) is 0 Å². The van der Waals surface area contributed by atoms with Crippen LogP contribution in [0, 0.1) is 18.3 Å². The normalized spacial score (nSPS) is 21.0.